The van der Waals surface area contributed by atoms with Gasteiger partial charge in [0.05, 0.1) is 16.3 Å². The SMILES string of the molecule is Nc1ccc(Nc2ccccc2Cl)cc1C(=O)O. The summed E-state index contributed by atoms with van der Waals surface area (Å²) in [5, 5.41) is 12.6. The number of carboxylic acid groups (broad SMARTS) is 1. The van der Waals surface area contributed by atoms with Crippen LogP contribution < -0.4 is 11.1 Å². The summed E-state index contributed by atoms with van der Waals surface area (Å²) >= 11 is 6.00. The molecule has 18 heavy (non-hydrogen) atoms. The van der Waals surface area contributed by atoms with Gasteiger partial charge >= 0.3 is 5.97 Å². The molecule has 0 bridgehead atoms. The van der Waals surface area contributed by atoms with Crippen molar-refractivity contribution in [1.29, 1.82) is 0 Å². The van der Waals surface area contributed by atoms with Gasteiger partial charge in [-0.2, -0.15) is 0 Å². The predicted molar refractivity (Wildman–Crippen MR) is 72.5 cm³/mol. The average Bonchev–Trinajstić information content (AvgIpc) is 2.34. The van der Waals surface area contributed by atoms with Gasteiger partial charge in [0.1, 0.15) is 0 Å². The summed E-state index contributed by atoms with van der Waals surface area (Å²) in [5.74, 6) is -1.06. The third-order valence-corrected chi connectivity index (χ3v) is 2.77. The number of para-hydroxylation sites is 1. The number of anilines is 3. The zero-order chi connectivity index (χ0) is 13.1. The summed E-state index contributed by atoms with van der Waals surface area (Å²) in [5.41, 5.74) is 7.20. The maximum absolute atomic E-state index is 11.0. The van der Waals surface area contributed by atoms with Crippen molar-refractivity contribution in [3.05, 3.63) is 53.1 Å². The smallest absolute Gasteiger partial charge is 0.337 e. The van der Waals surface area contributed by atoms with E-state index in [0.717, 1.165) is 0 Å². The van der Waals surface area contributed by atoms with Crippen molar-refractivity contribution in [1.82, 2.24) is 0 Å². The minimum absolute atomic E-state index is 0.0621. The molecule has 4 N–H and O–H groups in total. The van der Waals surface area contributed by atoms with Crippen molar-refractivity contribution in [2.45, 2.75) is 0 Å². The van der Waals surface area contributed by atoms with Crippen LogP contribution in [0.15, 0.2) is 42.5 Å². The predicted octanol–water partition coefficient (Wildman–Crippen LogP) is 3.36. The zero-order valence-corrected chi connectivity index (χ0v) is 10.1. The fourth-order valence-corrected chi connectivity index (χ4v) is 1.72. The van der Waals surface area contributed by atoms with Gasteiger partial charge in [-0.25, -0.2) is 4.79 Å². The Morgan fingerprint density at radius 1 is 1.22 bits per heavy atom. The summed E-state index contributed by atoms with van der Waals surface area (Å²) in [6.07, 6.45) is 0. The van der Waals surface area contributed by atoms with Gasteiger partial charge in [0.15, 0.2) is 0 Å². The van der Waals surface area contributed by atoms with Crippen LogP contribution in [-0.4, -0.2) is 11.1 Å². The molecular weight excluding hydrogens is 252 g/mol. The zero-order valence-electron chi connectivity index (χ0n) is 9.35. The third kappa shape index (κ3) is 2.55. The van der Waals surface area contributed by atoms with Crippen molar-refractivity contribution in [2.75, 3.05) is 11.1 Å². The summed E-state index contributed by atoms with van der Waals surface area (Å²) < 4.78 is 0. The molecule has 0 fully saturated rings. The minimum Gasteiger partial charge on any atom is -0.478 e. The van der Waals surface area contributed by atoms with E-state index in [0.29, 0.717) is 16.4 Å². The Balaban J connectivity index is 2.33. The van der Waals surface area contributed by atoms with Crippen LogP contribution in [0.4, 0.5) is 17.1 Å². The largest absolute Gasteiger partial charge is 0.478 e. The quantitative estimate of drug-likeness (QED) is 0.742. The van der Waals surface area contributed by atoms with Gasteiger partial charge in [-0.15, -0.1) is 0 Å². The van der Waals surface area contributed by atoms with Crippen molar-refractivity contribution < 1.29 is 9.90 Å². The van der Waals surface area contributed by atoms with E-state index in [1.165, 1.54) is 6.07 Å². The number of hydrogen-bond donors (Lipinski definition) is 3. The second-order valence-electron chi connectivity index (χ2n) is 3.71. The number of carboxylic acids is 1. The number of benzene rings is 2. The standard InChI is InChI=1S/C13H11ClN2O2/c14-10-3-1-2-4-12(10)16-8-5-6-11(15)9(7-8)13(17)18/h1-7,16H,15H2,(H,17,18). The molecule has 92 valence electrons. The lowest BCUT2D eigenvalue weighted by atomic mass is 10.1. The highest BCUT2D eigenvalue weighted by atomic mass is 35.5. The molecule has 0 heterocycles. The van der Waals surface area contributed by atoms with E-state index in [-0.39, 0.29) is 11.3 Å². The normalized spacial score (nSPS) is 10.1. The monoisotopic (exact) mass is 262 g/mol. The first-order valence-electron chi connectivity index (χ1n) is 5.22. The Morgan fingerprint density at radius 3 is 2.61 bits per heavy atom. The minimum atomic E-state index is -1.06. The van der Waals surface area contributed by atoms with Crippen LogP contribution in [0.3, 0.4) is 0 Å². The van der Waals surface area contributed by atoms with E-state index in [2.05, 4.69) is 5.32 Å². The molecule has 2 aromatic carbocycles. The van der Waals surface area contributed by atoms with Gasteiger partial charge < -0.3 is 16.2 Å². The molecule has 5 heteroatoms. The number of nitrogens with two attached hydrogens (primary N) is 1. The van der Waals surface area contributed by atoms with Crippen LogP contribution in [0.25, 0.3) is 0 Å². The van der Waals surface area contributed by atoms with Crippen molar-refractivity contribution in [2.24, 2.45) is 0 Å². The van der Waals surface area contributed by atoms with E-state index < -0.39 is 5.97 Å². The fraction of sp³-hybridized carbons (Fsp3) is 0. The lowest BCUT2D eigenvalue weighted by Gasteiger charge is -2.10. The van der Waals surface area contributed by atoms with Crippen molar-refractivity contribution in [3.63, 3.8) is 0 Å². The number of nitrogen functional groups attached to an aromatic ring is 1. The number of rotatable bonds is 3. The molecule has 0 aliphatic carbocycles. The molecule has 0 saturated heterocycles. The number of nitrogens with one attached hydrogen (secondary N) is 1. The Kier molecular flexibility index (Phi) is 3.39. The number of halogens is 1. The molecule has 0 aromatic heterocycles. The van der Waals surface area contributed by atoms with Crippen LogP contribution in [0.5, 0.6) is 0 Å². The van der Waals surface area contributed by atoms with Crippen molar-refractivity contribution >= 4 is 34.6 Å². The first-order chi connectivity index (χ1) is 8.58. The summed E-state index contributed by atoms with van der Waals surface area (Å²) in [7, 11) is 0. The molecule has 0 atom stereocenters. The molecule has 0 spiro atoms. The van der Waals surface area contributed by atoms with Gasteiger partial charge in [0.2, 0.25) is 0 Å². The Morgan fingerprint density at radius 2 is 1.94 bits per heavy atom. The molecule has 2 aromatic rings. The summed E-state index contributed by atoms with van der Waals surface area (Å²) in [6, 6.07) is 11.9. The molecule has 0 saturated carbocycles. The second kappa shape index (κ2) is 4.98. The van der Waals surface area contributed by atoms with E-state index in [1.54, 1.807) is 24.3 Å². The van der Waals surface area contributed by atoms with Crippen LogP contribution in [-0.2, 0) is 0 Å². The molecule has 4 nitrogen and oxygen atoms in total. The van der Waals surface area contributed by atoms with E-state index in [4.69, 9.17) is 22.4 Å². The molecule has 0 unspecified atom stereocenters. The highest BCUT2D eigenvalue weighted by Crippen LogP contribution is 2.26. The van der Waals surface area contributed by atoms with Crippen LogP contribution in [0.2, 0.25) is 5.02 Å². The van der Waals surface area contributed by atoms with E-state index >= 15 is 0 Å². The number of carbonyl (C=O) groups is 1. The van der Waals surface area contributed by atoms with Gasteiger partial charge in [0, 0.05) is 11.4 Å². The topological polar surface area (TPSA) is 75.3 Å². The van der Waals surface area contributed by atoms with E-state index in [1.807, 2.05) is 12.1 Å². The first kappa shape index (κ1) is 12.3. The van der Waals surface area contributed by atoms with Crippen LogP contribution >= 0.6 is 11.6 Å². The Bertz CT molecular complexity index is 599. The lowest BCUT2D eigenvalue weighted by molar-refractivity contribution is 0.0698. The van der Waals surface area contributed by atoms with Gasteiger partial charge in [-0.3, -0.25) is 0 Å². The number of hydrogen-bond acceptors (Lipinski definition) is 3. The maximum atomic E-state index is 11.0. The molecule has 2 rings (SSSR count). The number of aromatic carboxylic acids is 1. The Labute approximate surface area is 109 Å². The summed E-state index contributed by atoms with van der Waals surface area (Å²) in [4.78, 5) is 11.0. The molecule has 0 radical (unpaired) electrons. The fourth-order valence-electron chi connectivity index (χ4n) is 1.54. The second-order valence-corrected chi connectivity index (χ2v) is 4.12. The third-order valence-electron chi connectivity index (χ3n) is 2.44. The maximum Gasteiger partial charge on any atom is 0.337 e. The highest BCUT2D eigenvalue weighted by molar-refractivity contribution is 6.33. The van der Waals surface area contributed by atoms with Gasteiger partial charge in [0.25, 0.3) is 0 Å². The van der Waals surface area contributed by atoms with E-state index in [9.17, 15) is 4.79 Å². The van der Waals surface area contributed by atoms with Crippen LogP contribution in [0.1, 0.15) is 10.4 Å². The molecule has 0 aliphatic heterocycles. The molecule has 0 amide bonds. The Hall–Kier alpha value is -2.20. The lowest BCUT2D eigenvalue weighted by Crippen LogP contribution is -2.03. The average molecular weight is 263 g/mol. The van der Waals surface area contributed by atoms with Gasteiger partial charge in [-0.05, 0) is 30.3 Å². The first-order valence-corrected chi connectivity index (χ1v) is 5.60. The van der Waals surface area contributed by atoms with Crippen molar-refractivity contribution in [3.8, 4) is 0 Å². The van der Waals surface area contributed by atoms with Gasteiger partial charge in [-0.1, -0.05) is 23.7 Å². The van der Waals surface area contributed by atoms with Crippen LogP contribution in [0, 0.1) is 0 Å². The molecule has 0 aliphatic rings. The summed E-state index contributed by atoms with van der Waals surface area (Å²) in [6.45, 7) is 0. The molecular formula is C13H11ClN2O2. The highest BCUT2D eigenvalue weighted by Gasteiger charge is 2.09.